The van der Waals surface area contributed by atoms with Gasteiger partial charge in [-0.25, -0.2) is 4.99 Å². The van der Waals surface area contributed by atoms with Crippen molar-refractivity contribution in [2.45, 2.75) is 26.3 Å². The van der Waals surface area contributed by atoms with Gasteiger partial charge in [-0.05, 0) is 24.6 Å². The molecule has 0 fully saturated rings. The molecule has 1 amide bonds. The number of hydrogen-bond acceptors (Lipinski definition) is 4. The molecule has 2 aromatic carbocycles. The summed E-state index contributed by atoms with van der Waals surface area (Å²) in [6, 6.07) is 17.9. The van der Waals surface area contributed by atoms with Crippen LogP contribution in [0, 0.1) is 0 Å². The number of benzene rings is 2. The van der Waals surface area contributed by atoms with E-state index in [2.05, 4.69) is 56.3 Å². The number of carbonyl (C=O) groups is 1. The van der Waals surface area contributed by atoms with Gasteiger partial charge in [0.15, 0.2) is 0 Å². The van der Waals surface area contributed by atoms with E-state index in [-0.39, 0.29) is 5.91 Å². The molecule has 1 N–H and O–H groups in total. The number of hydrogen-bond donors (Lipinski definition) is 1. The molecule has 0 aliphatic carbocycles. The lowest BCUT2D eigenvalue weighted by Crippen LogP contribution is -2.26. The molecule has 3 heterocycles. The number of fused-ring (bicyclic) bond motifs is 4. The predicted octanol–water partition coefficient (Wildman–Crippen LogP) is 2.88. The maximum atomic E-state index is 12.1. The van der Waals surface area contributed by atoms with Gasteiger partial charge in [0, 0.05) is 28.1 Å². The summed E-state index contributed by atoms with van der Waals surface area (Å²) in [6.45, 7) is 3.17. The number of nitrogens with one attached hydrogen (secondary N) is 1. The van der Waals surface area contributed by atoms with E-state index in [4.69, 9.17) is 0 Å². The number of aromatic nitrogens is 2. The van der Waals surface area contributed by atoms with Crippen LogP contribution in [0.25, 0.3) is 27.5 Å². The van der Waals surface area contributed by atoms with E-state index in [9.17, 15) is 4.79 Å². The average molecular weight is 395 g/mol. The lowest BCUT2D eigenvalue weighted by Gasteiger charge is -2.05. The summed E-state index contributed by atoms with van der Waals surface area (Å²) in [7, 11) is 0. The first-order chi connectivity index (χ1) is 14.8. The molecule has 1 aliphatic heterocycles. The monoisotopic (exact) mass is 395 g/mol. The second-order valence-corrected chi connectivity index (χ2v) is 7.33. The number of hydrazone groups is 1. The average Bonchev–Trinajstić information content (AvgIpc) is 3.26. The van der Waals surface area contributed by atoms with Crippen LogP contribution in [0.4, 0.5) is 0 Å². The van der Waals surface area contributed by atoms with E-state index >= 15 is 0 Å². The van der Waals surface area contributed by atoms with E-state index < -0.39 is 0 Å². The lowest BCUT2D eigenvalue weighted by atomic mass is 10.2. The first-order valence-electron chi connectivity index (χ1n) is 10.1. The van der Waals surface area contributed by atoms with Crippen molar-refractivity contribution in [2.75, 3.05) is 0 Å². The van der Waals surface area contributed by atoms with Crippen LogP contribution in [0.15, 0.2) is 70.9 Å². The number of para-hydroxylation sites is 2. The fraction of sp³-hybridized carbons (Fsp3) is 0.167. The highest BCUT2D eigenvalue weighted by atomic mass is 16.1. The number of aryl methyl sites for hydroxylation is 1. The molecule has 0 bridgehead atoms. The van der Waals surface area contributed by atoms with Crippen molar-refractivity contribution in [3.8, 4) is 0 Å². The van der Waals surface area contributed by atoms with Crippen molar-refractivity contribution in [3.05, 3.63) is 77.1 Å². The minimum Gasteiger partial charge on any atom is -0.339 e. The van der Waals surface area contributed by atoms with Crippen molar-refractivity contribution < 1.29 is 4.79 Å². The van der Waals surface area contributed by atoms with Gasteiger partial charge < -0.3 is 4.57 Å². The third kappa shape index (κ3) is 3.06. The molecule has 1 aliphatic rings. The van der Waals surface area contributed by atoms with Gasteiger partial charge >= 0.3 is 0 Å². The van der Waals surface area contributed by atoms with Gasteiger partial charge in [-0.2, -0.15) is 5.10 Å². The molecule has 30 heavy (non-hydrogen) atoms. The maximum Gasteiger partial charge on any atom is 0.296 e. The molecule has 0 spiro atoms. The summed E-state index contributed by atoms with van der Waals surface area (Å²) in [5.74, 6) is -0.309. The maximum absolute atomic E-state index is 12.1. The second-order valence-electron chi connectivity index (χ2n) is 7.33. The molecule has 0 saturated heterocycles. The Kier molecular flexibility index (Phi) is 4.59. The topological polar surface area (TPSA) is 71.6 Å². The molecule has 6 nitrogen and oxygen atoms in total. The SMILES string of the molecule is CCCCn1c2ccccc2c2cc(/C=N/NC3=c4ccccc4=NC3=O)ncc21. The largest absolute Gasteiger partial charge is 0.339 e. The fourth-order valence-corrected chi connectivity index (χ4v) is 3.92. The summed E-state index contributed by atoms with van der Waals surface area (Å²) in [5.41, 5.74) is 6.32. The lowest BCUT2D eigenvalue weighted by molar-refractivity contribution is -0.113. The van der Waals surface area contributed by atoms with Crippen LogP contribution in [-0.4, -0.2) is 21.7 Å². The molecule has 0 saturated carbocycles. The second kappa shape index (κ2) is 7.55. The van der Waals surface area contributed by atoms with Crippen molar-refractivity contribution in [2.24, 2.45) is 10.1 Å². The molecule has 0 radical (unpaired) electrons. The molecule has 0 unspecified atom stereocenters. The third-order valence-electron chi connectivity index (χ3n) is 5.40. The summed E-state index contributed by atoms with van der Waals surface area (Å²) in [5, 5.41) is 8.05. The highest BCUT2D eigenvalue weighted by molar-refractivity contribution is 6.14. The van der Waals surface area contributed by atoms with E-state index in [1.165, 1.54) is 10.9 Å². The van der Waals surface area contributed by atoms with Crippen molar-refractivity contribution in [1.82, 2.24) is 15.0 Å². The van der Waals surface area contributed by atoms with Gasteiger partial charge in [0.2, 0.25) is 0 Å². The fourth-order valence-electron chi connectivity index (χ4n) is 3.92. The molecule has 5 rings (SSSR count). The number of nitrogens with zero attached hydrogens (tertiary/aromatic N) is 4. The minimum atomic E-state index is -0.309. The number of rotatable bonds is 6. The number of carbonyl (C=O) groups excluding carboxylic acids is 1. The molecular formula is C24H21N5O. The Bertz CT molecular complexity index is 1430. The van der Waals surface area contributed by atoms with Crippen LogP contribution in [0.5, 0.6) is 0 Å². The number of amides is 1. The Morgan fingerprint density at radius 3 is 2.80 bits per heavy atom. The molecule has 4 aromatic rings. The van der Waals surface area contributed by atoms with E-state index in [0.29, 0.717) is 11.1 Å². The Labute approximate surface area is 173 Å². The Hall–Kier alpha value is -3.80. The van der Waals surface area contributed by atoms with Gasteiger partial charge in [0.1, 0.15) is 5.70 Å². The summed E-state index contributed by atoms with van der Waals surface area (Å²) < 4.78 is 2.34. The minimum absolute atomic E-state index is 0.309. The van der Waals surface area contributed by atoms with Crippen LogP contribution in [-0.2, 0) is 11.3 Å². The summed E-state index contributed by atoms with van der Waals surface area (Å²) in [6.07, 6.45) is 5.81. The van der Waals surface area contributed by atoms with Crippen LogP contribution in [0.1, 0.15) is 25.5 Å². The molecule has 148 valence electrons. The normalized spacial score (nSPS) is 13.4. The van der Waals surface area contributed by atoms with Crippen molar-refractivity contribution in [1.29, 1.82) is 0 Å². The van der Waals surface area contributed by atoms with Crippen molar-refractivity contribution in [3.63, 3.8) is 0 Å². The van der Waals surface area contributed by atoms with E-state index in [1.54, 1.807) is 6.21 Å². The van der Waals surface area contributed by atoms with Gasteiger partial charge in [0.25, 0.3) is 5.91 Å². The van der Waals surface area contributed by atoms with Gasteiger partial charge in [-0.15, -0.1) is 0 Å². The Morgan fingerprint density at radius 1 is 1.07 bits per heavy atom. The number of pyridine rings is 1. The Morgan fingerprint density at radius 2 is 1.90 bits per heavy atom. The quantitative estimate of drug-likeness (QED) is 0.403. The summed E-state index contributed by atoms with van der Waals surface area (Å²) >= 11 is 0. The highest BCUT2D eigenvalue weighted by Crippen LogP contribution is 2.29. The zero-order chi connectivity index (χ0) is 20.5. The van der Waals surface area contributed by atoms with Gasteiger partial charge in [0.05, 0.1) is 29.0 Å². The third-order valence-corrected chi connectivity index (χ3v) is 5.40. The molecule has 2 aromatic heterocycles. The van der Waals surface area contributed by atoms with Crippen LogP contribution in [0.3, 0.4) is 0 Å². The number of unbranched alkanes of at least 4 members (excludes halogenated alkanes) is 1. The van der Waals surface area contributed by atoms with Gasteiger partial charge in [-0.3, -0.25) is 15.2 Å². The zero-order valence-corrected chi connectivity index (χ0v) is 16.7. The van der Waals surface area contributed by atoms with E-state index in [0.717, 1.165) is 41.2 Å². The Balaban J connectivity index is 1.50. The highest BCUT2D eigenvalue weighted by Gasteiger charge is 2.15. The first kappa shape index (κ1) is 18.2. The predicted molar refractivity (Wildman–Crippen MR) is 119 cm³/mol. The van der Waals surface area contributed by atoms with Crippen LogP contribution in [0.2, 0.25) is 0 Å². The van der Waals surface area contributed by atoms with Crippen LogP contribution < -0.4 is 16.0 Å². The molecule has 6 heteroatoms. The zero-order valence-electron chi connectivity index (χ0n) is 16.7. The van der Waals surface area contributed by atoms with Crippen molar-refractivity contribution >= 4 is 39.6 Å². The summed E-state index contributed by atoms with van der Waals surface area (Å²) in [4.78, 5) is 20.7. The van der Waals surface area contributed by atoms with Gasteiger partial charge in [-0.1, -0.05) is 49.7 Å². The first-order valence-corrected chi connectivity index (χ1v) is 10.1. The molecule has 0 atom stereocenters. The van der Waals surface area contributed by atoms with Crippen LogP contribution >= 0.6 is 0 Å². The smallest absolute Gasteiger partial charge is 0.296 e. The van der Waals surface area contributed by atoms with E-state index in [1.807, 2.05) is 36.5 Å². The standard InChI is InChI=1S/C24H21N5O/c1-2-3-12-29-21-11-7-5-8-17(21)19-13-16(25-15-22(19)29)14-26-28-23-18-9-4-6-10-20(18)27-24(23)30/h4-11,13-15H,2-3,12H2,1H3,(H,27,28,30)/b26-14+. The molecular weight excluding hydrogens is 374 g/mol.